The first-order valence-electron chi connectivity index (χ1n) is 10.5. The topological polar surface area (TPSA) is 104 Å². The first-order valence-corrected chi connectivity index (χ1v) is 12.3. The van der Waals surface area contributed by atoms with Crippen molar-refractivity contribution in [2.75, 3.05) is 42.3 Å². The van der Waals surface area contributed by atoms with E-state index in [9.17, 15) is 13.5 Å². The molecule has 7 nitrogen and oxygen atoms in total. The van der Waals surface area contributed by atoms with Crippen molar-refractivity contribution in [3.63, 3.8) is 0 Å². The highest BCUT2D eigenvalue weighted by Crippen LogP contribution is 2.51. The fourth-order valence-corrected chi connectivity index (χ4v) is 5.71. The zero-order valence-corrected chi connectivity index (χ0v) is 18.7. The van der Waals surface area contributed by atoms with Crippen molar-refractivity contribution in [2.45, 2.75) is 23.9 Å². The third-order valence-electron chi connectivity index (χ3n) is 6.07. The average Bonchev–Trinajstić information content (AvgIpc) is 2.87. The van der Waals surface area contributed by atoms with Gasteiger partial charge in [-0.1, -0.05) is 17.7 Å². The highest BCUT2D eigenvalue weighted by molar-refractivity contribution is 8.24. The van der Waals surface area contributed by atoms with Crippen molar-refractivity contribution in [3.05, 3.63) is 59.4 Å². The minimum atomic E-state index is -3.08. The van der Waals surface area contributed by atoms with Gasteiger partial charge in [-0.2, -0.15) is 10.6 Å². The van der Waals surface area contributed by atoms with Gasteiger partial charge in [0.15, 0.2) is 0 Å². The molecule has 0 unspecified atom stereocenters. The highest BCUT2D eigenvalue weighted by Gasteiger charge is 2.34. The van der Waals surface area contributed by atoms with E-state index in [0.717, 1.165) is 22.2 Å². The Balaban J connectivity index is 1.53. The van der Waals surface area contributed by atoms with E-state index in [0.29, 0.717) is 44.2 Å². The van der Waals surface area contributed by atoms with Gasteiger partial charge in [0.05, 0.1) is 34.9 Å². The lowest BCUT2D eigenvalue weighted by molar-refractivity contribution is -0.0461. The number of nitrogens with two attached hydrogens (primary N) is 1. The number of aromatic nitrogens is 1. The highest BCUT2D eigenvalue weighted by atomic mass is 32.3. The number of hydrogen-bond acceptors (Lipinski definition) is 7. The lowest BCUT2D eigenvalue weighted by Crippen LogP contribution is -2.61. The van der Waals surface area contributed by atoms with Crippen molar-refractivity contribution < 1.29 is 18.2 Å². The van der Waals surface area contributed by atoms with E-state index in [2.05, 4.69) is 11.4 Å². The Labute approximate surface area is 187 Å². The Morgan fingerprint density at radius 1 is 1.22 bits per heavy atom. The monoisotopic (exact) mass is 458 g/mol. The molecular formula is C23H27FN4O3S. The molecule has 0 bridgehead atoms. The first kappa shape index (κ1) is 21.4. The lowest BCUT2D eigenvalue weighted by atomic mass is 9.99. The van der Waals surface area contributed by atoms with Gasteiger partial charge in [-0.15, -0.1) is 0 Å². The maximum atomic E-state index is 13.8. The van der Waals surface area contributed by atoms with E-state index in [-0.39, 0.29) is 16.2 Å². The van der Waals surface area contributed by atoms with Crippen molar-refractivity contribution in [2.24, 2.45) is 5.73 Å². The fraction of sp³-hybridized carbons (Fsp3) is 0.348. The molecule has 0 spiro atoms. The molecule has 1 aromatic heterocycles. The van der Waals surface area contributed by atoms with Gasteiger partial charge in [0, 0.05) is 36.8 Å². The second-order valence-corrected chi connectivity index (χ2v) is 11.0. The Hall–Kier alpha value is -2.43. The van der Waals surface area contributed by atoms with Crippen LogP contribution < -0.4 is 16.0 Å². The summed E-state index contributed by atoms with van der Waals surface area (Å²) in [4.78, 5) is 7.15. The maximum Gasteiger partial charge on any atom is 0.131 e. The average molecular weight is 459 g/mol. The number of rotatable bonds is 4. The van der Waals surface area contributed by atoms with E-state index < -0.39 is 16.4 Å². The molecule has 170 valence electrons. The minimum Gasteiger partial charge on any atom is -0.382 e. The maximum absolute atomic E-state index is 13.8. The van der Waals surface area contributed by atoms with Crippen LogP contribution in [0.3, 0.4) is 0 Å². The SMILES string of the molecule is Cc1ccc2nc(N3CCS(O)(O)c4cc(F)ccc4C3)cc(NCC3(N)COC3)c2c1. The van der Waals surface area contributed by atoms with Crippen LogP contribution in [-0.4, -0.2) is 51.7 Å². The third kappa shape index (κ3) is 4.02. The number of halogens is 1. The smallest absolute Gasteiger partial charge is 0.131 e. The second-order valence-electron chi connectivity index (χ2n) is 8.80. The van der Waals surface area contributed by atoms with Crippen LogP contribution in [0, 0.1) is 12.7 Å². The zero-order chi connectivity index (χ0) is 22.5. The van der Waals surface area contributed by atoms with Crippen LogP contribution in [0.15, 0.2) is 47.4 Å². The fourth-order valence-electron chi connectivity index (χ4n) is 4.16. The van der Waals surface area contributed by atoms with E-state index in [1.54, 1.807) is 6.07 Å². The van der Waals surface area contributed by atoms with Gasteiger partial charge in [0.2, 0.25) is 0 Å². The summed E-state index contributed by atoms with van der Waals surface area (Å²) < 4.78 is 40.4. The molecule has 0 saturated carbocycles. The van der Waals surface area contributed by atoms with Crippen molar-refractivity contribution in [3.8, 4) is 0 Å². The van der Waals surface area contributed by atoms with Gasteiger partial charge in [-0.05, 0) is 36.8 Å². The molecule has 2 aliphatic heterocycles. The molecule has 32 heavy (non-hydrogen) atoms. The van der Waals surface area contributed by atoms with Gasteiger partial charge < -0.3 is 20.7 Å². The Morgan fingerprint density at radius 3 is 2.78 bits per heavy atom. The quantitative estimate of drug-likeness (QED) is 0.469. The molecule has 3 heterocycles. The zero-order valence-electron chi connectivity index (χ0n) is 17.8. The van der Waals surface area contributed by atoms with Crippen molar-refractivity contribution in [1.82, 2.24) is 4.98 Å². The molecule has 2 aromatic carbocycles. The van der Waals surface area contributed by atoms with Gasteiger partial charge in [0.1, 0.15) is 11.6 Å². The number of anilines is 2. The number of nitrogens with zero attached hydrogens (tertiary/aromatic N) is 2. The molecular weight excluding hydrogens is 431 g/mol. The largest absolute Gasteiger partial charge is 0.382 e. The summed E-state index contributed by atoms with van der Waals surface area (Å²) in [5, 5.41) is 4.48. The Morgan fingerprint density at radius 2 is 2.03 bits per heavy atom. The third-order valence-corrected chi connectivity index (χ3v) is 7.91. The molecule has 1 fully saturated rings. The first-order chi connectivity index (χ1) is 15.2. The summed E-state index contributed by atoms with van der Waals surface area (Å²) in [6, 6.07) is 12.3. The predicted molar refractivity (Wildman–Crippen MR) is 126 cm³/mol. The number of aryl methyl sites for hydroxylation is 1. The molecule has 9 heteroatoms. The predicted octanol–water partition coefficient (Wildman–Crippen LogP) is 3.95. The van der Waals surface area contributed by atoms with E-state index >= 15 is 0 Å². The Kier molecular flexibility index (Phi) is 5.26. The van der Waals surface area contributed by atoms with Crippen LogP contribution in [0.2, 0.25) is 0 Å². The van der Waals surface area contributed by atoms with Crippen LogP contribution >= 0.6 is 10.6 Å². The van der Waals surface area contributed by atoms with Gasteiger partial charge in [-0.25, -0.2) is 9.37 Å². The summed E-state index contributed by atoms with van der Waals surface area (Å²) in [5.41, 5.74) is 9.51. The van der Waals surface area contributed by atoms with Gasteiger partial charge in [-0.3, -0.25) is 9.11 Å². The van der Waals surface area contributed by atoms with Crippen molar-refractivity contribution in [1.29, 1.82) is 0 Å². The molecule has 5 N–H and O–H groups in total. The van der Waals surface area contributed by atoms with Gasteiger partial charge in [0.25, 0.3) is 0 Å². The van der Waals surface area contributed by atoms with Crippen LogP contribution in [-0.2, 0) is 11.3 Å². The summed E-state index contributed by atoms with van der Waals surface area (Å²) in [6.07, 6.45) is 0. The van der Waals surface area contributed by atoms with E-state index in [1.807, 2.05) is 30.0 Å². The molecule has 0 amide bonds. The molecule has 3 aromatic rings. The summed E-state index contributed by atoms with van der Waals surface area (Å²) in [5.74, 6) is 0.356. The second kappa shape index (κ2) is 7.86. The molecule has 2 aliphatic rings. The van der Waals surface area contributed by atoms with Crippen molar-refractivity contribution >= 4 is 33.0 Å². The number of hydrogen-bond donors (Lipinski definition) is 4. The number of benzene rings is 2. The Bertz CT molecular complexity index is 1190. The van der Waals surface area contributed by atoms with E-state index in [1.165, 1.54) is 12.1 Å². The molecule has 0 atom stereocenters. The van der Waals surface area contributed by atoms with Gasteiger partial charge >= 0.3 is 0 Å². The van der Waals surface area contributed by atoms with E-state index in [4.69, 9.17) is 15.5 Å². The number of nitrogens with one attached hydrogen (secondary N) is 1. The summed E-state index contributed by atoms with van der Waals surface area (Å²) in [6.45, 7) is 4.44. The standard InChI is InChI=1S/C23H27FN4O3S/c1-15-2-5-19-18(8-15)20(26-12-23(25)13-31-14-23)10-22(27-19)28-6-7-32(29,30)21-9-17(24)4-3-16(21)11-28/h2-5,8-10,29-30H,6-7,11-14,25H2,1H3,(H,26,27). The molecule has 1 saturated heterocycles. The molecule has 0 aliphatic carbocycles. The lowest BCUT2D eigenvalue weighted by Gasteiger charge is -2.38. The van der Waals surface area contributed by atoms with Crippen LogP contribution in [0.1, 0.15) is 11.1 Å². The summed E-state index contributed by atoms with van der Waals surface area (Å²) >= 11 is 0. The van der Waals surface area contributed by atoms with Crippen LogP contribution in [0.25, 0.3) is 10.9 Å². The number of pyridine rings is 1. The molecule has 5 rings (SSSR count). The molecule has 0 radical (unpaired) electrons. The van der Waals surface area contributed by atoms with Crippen LogP contribution in [0.5, 0.6) is 0 Å². The number of fused-ring (bicyclic) bond motifs is 2. The number of ether oxygens (including phenoxy) is 1. The van der Waals surface area contributed by atoms with Crippen LogP contribution in [0.4, 0.5) is 15.9 Å². The minimum absolute atomic E-state index is 0.114. The normalized spacial score (nSPS) is 20.2. The summed E-state index contributed by atoms with van der Waals surface area (Å²) in [7, 11) is -3.08.